The van der Waals surface area contributed by atoms with Gasteiger partial charge in [-0.3, -0.25) is 4.79 Å². The molecule has 2 aromatic carbocycles. The summed E-state index contributed by atoms with van der Waals surface area (Å²) in [5.41, 5.74) is 5.79. The highest BCUT2D eigenvalue weighted by Gasteiger charge is 2.19. The zero-order chi connectivity index (χ0) is 21.9. The molecule has 2 nitrogen and oxygen atoms in total. The number of carbonyl (C=O) groups excluding carboxylic acids is 1. The van der Waals surface area contributed by atoms with E-state index in [1.54, 1.807) is 0 Å². The van der Waals surface area contributed by atoms with Gasteiger partial charge in [0.1, 0.15) is 5.75 Å². The molecule has 31 heavy (non-hydrogen) atoms. The highest BCUT2D eigenvalue weighted by atomic mass is 16.5. The summed E-state index contributed by atoms with van der Waals surface area (Å²) in [7, 11) is 0. The average Bonchev–Trinajstić information content (AvgIpc) is 3.14. The monoisotopic (exact) mass is 416 g/mol. The lowest BCUT2D eigenvalue weighted by atomic mass is 10.0. The number of hydrogen-bond acceptors (Lipinski definition) is 2. The Morgan fingerprint density at radius 1 is 0.839 bits per heavy atom. The molecule has 0 saturated carbocycles. The SMILES string of the molecule is C#Cc1ccc2c(c1)Cc1cc(OC(=O)CCCCCCCCCCCCC)ccc1-2. The molecular formula is C29H36O2. The summed E-state index contributed by atoms with van der Waals surface area (Å²) >= 11 is 0. The molecule has 0 atom stereocenters. The van der Waals surface area contributed by atoms with Crippen molar-refractivity contribution in [3.8, 4) is 29.2 Å². The summed E-state index contributed by atoms with van der Waals surface area (Å²) < 4.78 is 5.60. The van der Waals surface area contributed by atoms with Crippen molar-refractivity contribution >= 4 is 5.97 Å². The second-order valence-electron chi connectivity index (χ2n) is 8.77. The Balaban J connectivity index is 1.32. The molecule has 0 aromatic heterocycles. The van der Waals surface area contributed by atoms with Gasteiger partial charge in [-0.2, -0.15) is 0 Å². The molecule has 2 heteroatoms. The fourth-order valence-electron chi connectivity index (χ4n) is 4.46. The van der Waals surface area contributed by atoms with E-state index < -0.39 is 0 Å². The summed E-state index contributed by atoms with van der Waals surface area (Å²) in [5, 5.41) is 0. The lowest BCUT2D eigenvalue weighted by Crippen LogP contribution is -2.07. The number of terminal acetylenes is 1. The third kappa shape index (κ3) is 7.00. The van der Waals surface area contributed by atoms with Crippen LogP contribution >= 0.6 is 0 Å². The maximum atomic E-state index is 12.2. The van der Waals surface area contributed by atoms with Crippen LogP contribution in [0.2, 0.25) is 0 Å². The number of rotatable bonds is 13. The van der Waals surface area contributed by atoms with Crippen molar-refractivity contribution in [3.63, 3.8) is 0 Å². The van der Waals surface area contributed by atoms with Crippen LogP contribution in [0.5, 0.6) is 5.75 Å². The molecule has 3 rings (SSSR count). The fourth-order valence-corrected chi connectivity index (χ4v) is 4.46. The molecule has 1 aliphatic rings. The molecule has 0 fully saturated rings. The van der Waals surface area contributed by atoms with Crippen molar-refractivity contribution in [2.45, 2.75) is 90.4 Å². The van der Waals surface area contributed by atoms with Gasteiger partial charge in [0, 0.05) is 12.0 Å². The Hall–Kier alpha value is -2.53. The molecule has 0 unspecified atom stereocenters. The first-order chi connectivity index (χ1) is 15.2. The van der Waals surface area contributed by atoms with E-state index in [2.05, 4.69) is 31.0 Å². The molecule has 0 heterocycles. The van der Waals surface area contributed by atoms with Crippen LogP contribution in [-0.2, 0) is 11.2 Å². The van der Waals surface area contributed by atoms with Gasteiger partial charge < -0.3 is 4.74 Å². The van der Waals surface area contributed by atoms with Crippen molar-refractivity contribution in [1.82, 2.24) is 0 Å². The summed E-state index contributed by atoms with van der Waals surface area (Å²) in [6.07, 6.45) is 20.9. The number of esters is 1. The topological polar surface area (TPSA) is 26.3 Å². The molecule has 0 saturated heterocycles. The van der Waals surface area contributed by atoms with E-state index in [0.717, 1.165) is 24.8 Å². The van der Waals surface area contributed by atoms with Crippen molar-refractivity contribution in [3.05, 3.63) is 53.1 Å². The van der Waals surface area contributed by atoms with Crippen LogP contribution in [0.3, 0.4) is 0 Å². The fraction of sp³-hybridized carbons (Fsp3) is 0.483. The van der Waals surface area contributed by atoms with Crippen LogP contribution in [-0.4, -0.2) is 5.97 Å². The van der Waals surface area contributed by atoms with Gasteiger partial charge in [-0.15, -0.1) is 6.42 Å². The van der Waals surface area contributed by atoms with E-state index in [1.165, 1.54) is 80.0 Å². The molecule has 1 aliphatic carbocycles. The van der Waals surface area contributed by atoms with Gasteiger partial charge in [0.15, 0.2) is 0 Å². The third-order valence-corrected chi connectivity index (χ3v) is 6.24. The van der Waals surface area contributed by atoms with Crippen molar-refractivity contribution in [1.29, 1.82) is 0 Å². The Bertz CT molecular complexity index is 903. The number of unbranched alkanes of at least 4 members (excludes halogenated alkanes) is 10. The van der Waals surface area contributed by atoms with Gasteiger partial charge in [0.25, 0.3) is 0 Å². The van der Waals surface area contributed by atoms with E-state index in [1.807, 2.05) is 18.2 Å². The quantitative estimate of drug-likeness (QED) is 0.123. The lowest BCUT2D eigenvalue weighted by Gasteiger charge is -2.07. The van der Waals surface area contributed by atoms with Gasteiger partial charge in [-0.05, 0) is 59.4 Å². The minimum absolute atomic E-state index is 0.124. The molecule has 0 aliphatic heterocycles. The first-order valence-electron chi connectivity index (χ1n) is 12.1. The van der Waals surface area contributed by atoms with Gasteiger partial charge in [-0.25, -0.2) is 0 Å². The minimum Gasteiger partial charge on any atom is -0.427 e. The van der Waals surface area contributed by atoms with E-state index in [0.29, 0.717) is 12.2 Å². The Morgan fingerprint density at radius 3 is 2.06 bits per heavy atom. The highest BCUT2D eigenvalue weighted by molar-refractivity contribution is 5.79. The van der Waals surface area contributed by atoms with Crippen LogP contribution in [0.1, 0.15) is 101 Å². The predicted molar refractivity (Wildman–Crippen MR) is 129 cm³/mol. The van der Waals surface area contributed by atoms with Gasteiger partial charge in [0.2, 0.25) is 0 Å². The van der Waals surface area contributed by atoms with Crippen LogP contribution in [0.15, 0.2) is 36.4 Å². The van der Waals surface area contributed by atoms with Crippen molar-refractivity contribution in [2.75, 3.05) is 0 Å². The minimum atomic E-state index is -0.124. The van der Waals surface area contributed by atoms with E-state index in [-0.39, 0.29) is 5.97 Å². The molecule has 0 N–H and O–H groups in total. The third-order valence-electron chi connectivity index (χ3n) is 6.24. The average molecular weight is 417 g/mol. The summed E-state index contributed by atoms with van der Waals surface area (Å²) in [5.74, 6) is 3.22. The summed E-state index contributed by atoms with van der Waals surface area (Å²) in [4.78, 5) is 12.2. The maximum Gasteiger partial charge on any atom is 0.311 e. The largest absolute Gasteiger partial charge is 0.427 e. The summed E-state index contributed by atoms with van der Waals surface area (Å²) in [6.45, 7) is 2.26. The second-order valence-corrected chi connectivity index (χ2v) is 8.77. The number of carbonyl (C=O) groups is 1. The van der Waals surface area contributed by atoms with E-state index >= 15 is 0 Å². The normalized spacial score (nSPS) is 11.6. The van der Waals surface area contributed by atoms with Crippen LogP contribution < -0.4 is 4.74 Å². The molecule has 0 bridgehead atoms. The predicted octanol–water partition coefficient (Wildman–Crippen LogP) is 7.85. The highest BCUT2D eigenvalue weighted by Crippen LogP contribution is 2.38. The van der Waals surface area contributed by atoms with Gasteiger partial charge in [0.05, 0.1) is 0 Å². The molecule has 164 valence electrons. The molecule has 0 amide bonds. The zero-order valence-corrected chi connectivity index (χ0v) is 19.1. The van der Waals surface area contributed by atoms with E-state index in [4.69, 9.17) is 11.2 Å². The summed E-state index contributed by atoms with van der Waals surface area (Å²) in [6, 6.07) is 12.1. The standard InChI is InChI=1S/C29H36O2/c1-3-5-6-7-8-9-10-11-12-13-14-15-29(30)31-26-17-19-28-25(22-26)21-24-20-23(4-2)16-18-27(24)28/h2,16-20,22H,3,5-15,21H2,1H3. The first kappa shape index (κ1) is 23.1. The number of ether oxygens (including phenoxy) is 1. The smallest absolute Gasteiger partial charge is 0.311 e. The molecule has 2 aromatic rings. The Labute approximate surface area is 188 Å². The Kier molecular flexibility index (Phi) is 9.22. The van der Waals surface area contributed by atoms with Crippen LogP contribution in [0.25, 0.3) is 11.1 Å². The van der Waals surface area contributed by atoms with Crippen molar-refractivity contribution < 1.29 is 9.53 Å². The number of benzene rings is 2. The zero-order valence-electron chi connectivity index (χ0n) is 19.1. The van der Waals surface area contributed by atoms with Gasteiger partial charge >= 0.3 is 5.97 Å². The second kappa shape index (κ2) is 12.4. The first-order valence-corrected chi connectivity index (χ1v) is 12.1. The van der Waals surface area contributed by atoms with E-state index in [9.17, 15) is 4.79 Å². The molecule has 0 radical (unpaired) electrons. The molecule has 0 spiro atoms. The number of hydrogen-bond donors (Lipinski definition) is 0. The van der Waals surface area contributed by atoms with Crippen LogP contribution in [0.4, 0.5) is 0 Å². The van der Waals surface area contributed by atoms with Gasteiger partial charge in [-0.1, -0.05) is 89.2 Å². The molecular weight excluding hydrogens is 380 g/mol. The van der Waals surface area contributed by atoms with Crippen molar-refractivity contribution in [2.24, 2.45) is 0 Å². The number of fused-ring (bicyclic) bond motifs is 3. The Morgan fingerprint density at radius 2 is 1.42 bits per heavy atom. The lowest BCUT2D eigenvalue weighted by molar-refractivity contribution is -0.134. The van der Waals surface area contributed by atoms with Crippen LogP contribution in [0, 0.1) is 12.3 Å². The maximum absolute atomic E-state index is 12.2.